The Morgan fingerprint density at radius 3 is 0.928 bits per heavy atom. The summed E-state index contributed by atoms with van der Waals surface area (Å²) in [4.78, 5) is 43.7. The maximum atomic E-state index is 14.4. The molecule has 0 atom stereocenters. The summed E-state index contributed by atoms with van der Waals surface area (Å²) in [7, 11) is 0. The standard InChI is InChI=1S/C61H39N7O/c69-61-52-24-14-13-23-51(52)53-39-49(42-27-31-48(32-28-42)60-66-57(45-19-9-3-10-20-45)63-58(67-60)46-21-11-4-12-22-46)35-38-54(53)68(61)50-36-33-41(34-37-50)40-25-29-47(30-26-40)59-64-55(43-15-5-1-6-16-43)62-56(65-59)44-17-7-2-8-18-44/h1-39H. The number of aromatic nitrogens is 7. The first kappa shape index (κ1) is 40.9. The summed E-state index contributed by atoms with van der Waals surface area (Å²) >= 11 is 0. The second kappa shape index (κ2) is 17.7. The van der Waals surface area contributed by atoms with E-state index in [4.69, 9.17) is 29.9 Å². The molecular formula is C61H39N7O. The minimum Gasteiger partial charge on any atom is -0.276 e. The highest BCUT2D eigenvalue weighted by atomic mass is 16.1. The Balaban J connectivity index is 0.862. The zero-order valence-electron chi connectivity index (χ0n) is 37.1. The van der Waals surface area contributed by atoms with Crippen LogP contribution in [0.4, 0.5) is 0 Å². The van der Waals surface area contributed by atoms with E-state index in [9.17, 15) is 4.79 Å². The molecule has 0 saturated heterocycles. The number of hydrogen-bond donors (Lipinski definition) is 0. The molecule has 0 aliphatic heterocycles. The van der Waals surface area contributed by atoms with Crippen LogP contribution in [0.5, 0.6) is 0 Å². The van der Waals surface area contributed by atoms with Crippen LogP contribution in [0.2, 0.25) is 0 Å². The minimum absolute atomic E-state index is 0.0727. The Kier molecular flexibility index (Phi) is 10.5. The van der Waals surface area contributed by atoms with Gasteiger partial charge in [-0.05, 0) is 58.0 Å². The van der Waals surface area contributed by atoms with Gasteiger partial charge in [0, 0.05) is 49.8 Å². The van der Waals surface area contributed by atoms with Crippen molar-refractivity contribution in [2.24, 2.45) is 0 Å². The lowest BCUT2D eigenvalue weighted by Crippen LogP contribution is -2.19. The number of nitrogens with zero attached hydrogens (tertiary/aromatic N) is 7. The van der Waals surface area contributed by atoms with Gasteiger partial charge in [-0.15, -0.1) is 0 Å². The molecule has 0 fully saturated rings. The lowest BCUT2D eigenvalue weighted by atomic mass is 9.98. The van der Waals surface area contributed by atoms with Gasteiger partial charge in [0.25, 0.3) is 5.56 Å². The van der Waals surface area contributed by atoms with E-state index in [1.807, 2.05) is 174 Å². The molecule has 8 nitrogen and oxygen atoms in total. The van der Waals surface area contributed by atoms with Crippen molar-refractivity contribution in [3.63, 3.8) is 0 Å². The summed E-state index contributed by atoms with van der Waals surface area (Å²) in [6, 6.07) is 78.8. The van der Waals surface area contributed by atoms with Crippen molar-refractivity contribution < 1.29 is 0 Å². The lowest BCUT2D eigenvalue weighted by molar-refractivity contribution is 1.06. The average molecular weight is 886 g/mol. The molecule has 0 bridgehead atoms. The Morgan fingerprint density at radius 2 is 0.536 bits per heavy atom. The molecule has 0 aliphatic rings. The quantitative estimate of drug-likeness (QED) is 0.133. The Hall–Kier alpha value is -9.53. The van der Waals surface area contributed by atoms with Crippen molar-refractivity contribution in [2.75, 3.05) is 0 Å². The number of benzene rings is 9. The molecule has 0 amide bonds. The first-order valence-corrected chi connectivity index (χ1v) is 22.7. The van der Waals surface area contributed by atoms with Gasteiger partial charge in [0.15, 0.2) is 34.9 Å². The van der Waals surface area contributed by atoms with Crippen LogP contribution in [0.1, 0.15) is 0 Å². The van der Waals surface area contributed by atoms with E-state index in [0.29, 0.717) is 40.3 Å². The number of fused-ring (bicyclic) bond motifs is 3. The molecule has 69 heavy (non-hydrogen) atoms. The van der Waals surface area contributed by atoms with Crippen LogP contribution in [-0.4, -0.2) is 34.5 Å². The third kappa shape index (κ3) is 8.02. The van der Waals surface area contributed by atoms with Crippen LogP contribution < -0.4 is 5.56 Å². The van der Waals surface area contributed by atoms with Gasteiger partial charge in [0.1, 0.15) is 0 Å². The average Bonchev–Trinajstić information content (AvgIpc) is 3.44. The maximum Gasteiger partial charge on any atom is 0.263 e. The van der Waals surface area contributed by atoms with Crippen molar-refractivity contribution in [3.05, 3.63) is 247 Å². The largest absolute Gasteiger partial charge is 0.276 e. The number of pyridine rings is 1. The highest BCUT2D eigenvalue weighted by molar-refractivity contribution is 6.07. The summed E-state index contributed by atoms with van der Waals surface area (Å²) in [5, 5.41) is 2.54. The number of hydrogen-bond acceptors (Lipinski definition) is 7. The van der Waals surface area contributed by atoms with Crippen LogP contribution in [0.15, 0.2) is 241 Å². The first-order chi connectivity index (χ1) is 34.1. The topological polar surface area (TPSA) is 99.3 Å². The van der Waals surface area contributed by atoms with E-state index in [1.54, 1.807) is 0 Å². The highest BCUT2D eigenvalue weighted by Gasteiger charge is 2.17. The summed E-state index contributed by atoms with van der Waals surface area (Å²) in [5.41, 5.74) is 11.1. The Labute approximate surface area is 397 Å². The van der Waals surface area contributed by atoms with Crippen molar-refractivity contribution in [1.29, 1.82) is 0 Å². The van der Waals surface area contributed by atoms with Gasteiger partial charge in [-0.1, -0.05) is 206 Å². The summed E-state index contributed by atoms with van der Waals surface area (Å²) in [5.74, 6) is 3.67. The van der Waals surface area contributed by atoms with Gasteiger partial charge in [-0.2, -0.15) is 0 Å². The molecule has 3 heterocycles. The van der Waals surface area contributed by atoms with Crippen molar-refractivity contribution in [3.8, 4) is 96.3 Å². The fraction of sp³-hybridized carbons (Fsp3) is 0. The van der Waals surface area contributed by atoms with E-state index >= 15 is 0 Å². The van der Waals surface area contributed by atoms with Crippen LogP contribution in [0, 0.1) is 0 Å². The molecule has 0 radical (unpaired) electrons. The minimum atomic E-state index is -0.0727. The van der Waals surface area contributed by atoms with Crippen molar-refractivity contribution >= 4 is 21.7 Å². The predicted molar refractivity (Wildman–Crippen MR) is 277 cm³/mol. The van der Waals surface area contributed by atoms with E-state index < -0.39 is 0 Å². The molecule has 0 saturated carbocycles. The van der Waals surface area contributed by atoms with Crippen molar-refractivity contribution in [1.82, 2.24) is 34.5 Å². The number of rotatable bonds is 9. The zero-order chi connectivity index (χ0) is 46.1. The molecule has 3 aromatic heterocycles. The molecule has 0 aliphatic carbocycles. The molecular weight excluding hydrogens is 847 g/mol. The maximum absolute atomic E-state index is 14.4. The smallest absolute Gasteiger partial charge is 0.263 e. The normalized spacial score (nSPS) is 11.2. The van der Waals surface area contributed by atoms with Crippen LogP contribution >= 0.6 is 0 Å². The molecule has 324 valence electrons. The SMILES string of the molecule is O=c1c2ccccc2c2cc(-c3ccc(-c4nc(-c5ccccc5)nc(-c5ccccc5)n4)cc3)ccc2n1-c1ccc(-c2ccc(-c3nc(-c4ccccc4)nc(-c4ccccc4)n3)cc2)cc1. The zero-order valence-corrected chi connectivity index (χ0v) is 37.1. The third-order valence-corrected chi connectivity index (χ3v) is 12.4. The van der Waals surface area contributed by atoms with Gasteiger partial charge in [0.05, 0.1) is 5.52 Å². The van der Waals surface area contributed by atoms with Gasteiger partial charge in [0.2, 0.25) is 0 Å². The molecule has 0 N–H and O–H groups in total. The molecule has 12 aromatic rings. The summed E-state index contributed by atoms with van der Waals surface area (Å²) in [6.07, 6.45) is 0. The molecule has 0 unspecified atom stereocenters. The Morgan fingerprint density at radius 1 is 0.246 bits per heavy atom. The van der Waals surface area contributed by atoms with Gasteiger partial charge >= 0.3 is 0 Å². The molecule has 0 spiro atoms. The van der Waals surface area contributed by atoms with Gasteiger partial charge in [-0.25, -0.2) is 29.9 Å². The predicted octanol–water partition coefficient (Wildman–Crippen LogP) is 13.8. The monoisotopic (exact) mass is 885 g/mol. The van der Waals surface area contributed by atoms with E-state index in [0.717, 1.165) is 77.6 Å². The van der Waals surface area contributed by atoms with E-state index in [-0.39, 0.29) is 5.56 Å². The molecule has 9 aromatic carbocycles. The highest BCUT2D eigenvalue weighted by Crippen LogP contribution is 2.33. The fourth-order valence-electron chi connectivity index (χ4n) is 8.82. The molecule has 12 rings (SSSR count). The van der Waals surface area contributed by atoms with Gasteiger partial charge in [-0.3, -0.25) is 9.36 Å². The van der Waals surface area contributed by atoms with E-state index in [2.05, 4.69) is 66.7 Å². The lowest BCUT2D eigenvalue weighted by Gasteiger charge is -2.15. The van der Waals surface area contributed by atoms with Crippen LogP contribution in [0.25, 0.3) is 118 Å². The summed E-state index contributed by atoms with van der Waals surface area (Å²) < 4.78 is 1.82. The van der Waals surface area contributed by atoms with Crippen molar-refractivity contribution in [2.45, 2.75) is 0 Å². The van der Waals surface area contributed by atoms with E-state index in [1.165, 1.54) is 0 Å². The first-order valence-electron chi connectivity index (χ1n) is 22.7. The fourth-order valence-corrected chi connectivity index (χ4v) is 8.82. The molecule has 8 heteroatoms. The van der Waals surface area contributed by atoms with Crippen LogP contribution in [-0.2, 0) is 0 Å². The Bertz CT molecular complexity index is 3750. The second-order valence-corrected chi connectivity index (χ2v) is 16.7. The summed E-state index contributed by atoms with van der Waals surface area (Å²) in [6.45, 7) is 0. The second-order valence-electron chi connectivity index (χ2n) is 16.7. The third-order valence-electron chi connectivity index (χ3n) is 12.4. The van der Waals surface area contributed by atoms with Gasteiger partial charge < -0.3 is 0 Å². The van der Waals surface area contributed by atoms with Crippen LogP contribution in [0.3, 0.4) is 0 Å².